The van der Waals surface area contributed by atoms with Gasteiger partial charge in [0.15, 0.2) is 0 Å². The Hall–Kier alpha value is -2.56. The summed E-state index contributed by atoms with van der Waals surface area (Å²) in [6, 6.07) is 9.64. The second-order valence-corrected chi connectivity index (χ2v) is 4.77. The van der Waals surface area contributed by atoms with Crippen molar-refractivity contribution in [1.29, 1.82) is 0 Å². The van der Waals surface area contributed by atoms with Crippen molar-refractivity contribution in [2.24, 2.45) is 0 Å². The van der Waals surface area contributed by atoms with Crippen molar-refractivity contribution in [1.82, 2.24) is 5.32 Å². The van der Waals surface area contributed by atoms with E-state index in [9.17, 15) is 9.18 Å². The fourth-order valence-corrected chi connectivity index (χ4v) is 1.95. The predicted molar refractivity (Wildman–Crippen MR) is 83.3 cm³/mol. The van der Waals surface area contributed by atoms with Crippen LogP contribution in [0.25, 0.3) is 0 Å². The van der Waals surface area contributed by atoms with Gasteiger partial charge in [-0.1, -0.05) is 6.07 Å². The van der Waals surface area contributed by atoms with Crippen LogP contribution in [0.3, 0.4) is 0 Å². The number of carbonyl (C=O) groups excluding carboxylic acids is 1. The highest BCUT2D eigenvalue weighted by molar-refractivity contribution is 5.96. The van der Waals surface area contributed by atoms with Gasteiger partial charge in [-0.25, -0.2) is 4.39 Å². The summed E-state index contributed by atoms with van der Waals surface area (Å²) in [6.45, 7) is 4.26. The zero-order valence-electron chi connectivity index (χ0n) is 12.0. The standard InChI is InChI=1S/C16H18FN3O/c1-3-19-16(21)11-5-7-13(18)15(9-11)20-14-8-10(2)4-6-12(14)17/h4-9,20H,3,18H2,1-2H3,(H,19,21). The van der Waals surface area contributed by atoms with Crippen molar-refractivity contribution < 1.29 is 9.18 Å². The minimum absolute atomic E-state index is 0.190. The Kier molecular flexibility index (Phi) is 4.42. The summed E-state index contributed by atoms with van der Waals surface area (Å²) < 4.78 is 13.8. The Bertz CT molecular complexity index is 671. The van der Waals surface area contributed by atoms with Gasteiger partial charge in [-0.3, -0.25) is 4.79 Å². The molecule has 5 heteroatoms. The monoisotopic (exact) mass is 287 g/mol. The Morgan fingerprint density at radius 1 is 1.19 bits per heavy atom. The van der Waals surface area contributed by atoms with E-state index in [1.807, 2.05) is 13.8 Å². The van der Waals surface area contributed by atoms with E-state index in [-0.39, 0.29) is 11.7 Å². The van der Waals surface area contributed by atoms with E-state index in [1.165, 1.54) is 6.07 Å². The summed E-state index contributed by atoms with van der Waals surface area (Å²) >= 11 is 0. The highest BCUT2D eigenvalue weighted by Crippen LogP contribution is 2.26. The Morgan fingerprint density at radius 3 is 2.67 bits per heavy atom. The predicted octanol–water partition coefficient (Wildman–Crippen LogP) is 3.21. The van der Waals surface area contributed by atoms with Crippen molar-refractivity contribution in [3.8, 4) is 0 Å². The molecule has 0 bridgehead atoms. The first-order valence-electron chi connectivity index (χ1n) is 6.72. The van der Waals surface area contributed by atoms with Gasteiger partial charge in [0.05, 0.1) is 17.1 Å². The molecule has 1 amide bonds. The third-order valence-corrected chi connectivity index (χ3v) is 3.04. The highest BCUT2D eigenvalue weighted by Gasteiger charge is 2.09. The molecule has 0 spiro atoms. The quantitative estimate of drug-likeness (QED) is 0.756. The molecule has 2 aromatic carbocycles. The number of hydrogen-bond donors (Lipinski definition) is 3. The molecule has 0 saturated heterocycles. The molecule has 4 nitrogen and oxygen atoms in total. The van der Waals surface area contributed by atoms with Crippen LogP contribution >= 0.6 is 0 Å². The van der Waals surface area contributed by atoms with Crippen LogP contribution in [-0.4, -0.2) is 12.5 Å². The van der Waals surface area contributed by atoms with Crippen molar-refractivity contribution in [2.75, 3.05) is 17.6 Å². The molecule has 0 atom stereocenters. The molecule has 0 unspecified atom stereocenters. The van der Waals surface area contributed by atoms with Crippen LogP contribution in [0.15, 0.2) is 36.4 Å². The molecule has 21 heavy (non-hydrogen) atoms. The van der Waals surface area contributed by atoms with Gasteiger partial charge in [-0.05, 0) is 49.7 Å². The fraction of sp³-hybridized carbons (Fsp3) is 0.188. The first kappa shape index (κ1) is 14.8. The number of amides is 1. The molecule has 0 aliphatic heterocycles. The van der Waals surface area contributed by atoms with Crippen molar-refractivity contribution in [3.63, 3.8) is 0 Å². The van der Waals surface area contributed by atoms with Gasteiger partial charge in [-0.2, -0.15) is 0 Å². The SMILES string of the molecule is CCNC(=O)c1ccc(N)c(Nc2cc(C)ccc2F)c1. The van der Waals surface area contributed by atoms with Gasteiger partial charge in [0.25, 0.3) is 5.91 Å². The molecule has 2 aromatic rings. The van der Waals surface area contributed by atoms with Crippen LogP contribution < -0.4 is 16.4 Å². The molecule has 0 heterocycles. The van der Waals surface area contributed by atoms with Crippen LogP contribution in [0, 0.1) is 12.7 Å². The number of nitrogen functional groups attached to an aromatic ring is 1. The van der Waals surface area contributed by atoms with Gasteiger partial charge >= 0.3 is 0 Å². The van der Waals surface area contributed by atoms with Crippen LogP contribution in [0.4, 0.5) is 21.5 Å². The molecular formula is C16H18FN3O. The van der Waals surface area contributed by atoms with E-state index < -0.39 is 0 Å². The molecule has 0 aliphatic carbocycles. The van der Waals surface area contributed by atoms with E-state index in [4.69, 9.17) is 5.73 Å². The number of nitrogens with two attached hydrogens (primary N) is 1. The van der Waals surface area contributed by atoms with Crippen LogP contribution in [0.5, 0.6) is 0 Å². The summed E-state index contributed by atoms with van der Waals surface area (Å²) in [4.78, 5) is 11.8. The maximum Gasteiger partial charge on any atom is 0.251 e. The first-order chi connectivity index (χ1) is 10.0. The second-order valence-electron chi connectivity index (χ2n) is 4.77. The lowest BCUT2D eigenvalue weighted by atomic mass is 10.1. The average molecular weight is 287 g/mol. The second kappa shape index (κ2) is 6.26. The molecule has 0 fully saturated rings. The van der Waals surface area contributed by atoms with E-state index in [2.05, 4.69) is 10.6 Å². The number of rotatable bonds is 4. The molecule has 0 saturated carbocycles. The fourth-order valence-electron chi connectivity index (χ4n) is 1.95. The summed E-state index contributed by atoms with van der Waals surface area (Å²) in [5.41, 5.74) is 8.56. The number of anilines is 3. The summed E-state index contributed by atoms with van der Waals surface area (Å²) in [5, 5.41) is 5.65. The van der Waals surface area contributed by atoms with Crippen LogP contribution in [-0.2, 0) is 0 Å². The Labute approximate surface area is 123 Å². The third kappa shape index (κ3) is 3.51. The minimum Gasteiger partial charge on any atom is -0.397 e. The summed E-state index contributed by atoms with van der Waals surface area (Å²) in [6.07, 6.45) is 0. The smallest absolute Gasteiger partial charge is 0.251 e. The number of benzene rings is 2. The normalized spacial score (nSPS) is 10.2. The maximum absolute atomic E-state index is 13.8. The lowest BCUT2D eigenvalue weighted by Gasteiger charge is -2.12. The van der Waals surface area contributed by atoms with Gasteiger partial charge in [0.1, 0.15) is 5.82 Å². The molecule has 0 aromatic heterocycles. The molecule has 110 valence electrons. The largest absolute Gasteiger partial charge is 0.397 e. The third-order valence-electron chi connectivity index (χ3n) is 3.04. The number of hydrogen-bond acceptors (Lipinski definition) is 3. The van der Waals surface area contributed by atoms with Crippen molar-refractivity contribution in [2.45, 2.75) is 13.8 Å². The summed E-state index contributed by atoms with van der Waals surface area (Å²) in [5.74, 6) is -0.561. The zero-order valence-corrected chi connectivity index (χ0v) is 12.0. The first-order valence-corrected chi connectivity index (χ1v) is 6.72. The average Bonchev–Trinajstić information content (AvgIpc) is 2.45. The lowest BCUT2D eigenvalue weighted by molar-refractivity contribution is 0.0956. The van der Waals surface area contributed by atoms with Crippen molar-refractivity contribution >= 4 is 23.0 Å². The Morgan fingerprint density at radius 2 is 1.95 bits per heavy atom. The topological polar surface area (TPSA) is 67.2 Å². The van der Waals surface area contributed by atoms with Gasteiger partial charge in [0, 0.05) is 12.1 Å². The van der Waals surface area contributed by atoms with Crippen LogP contribution in [0.2, 0.25) is 0 Å². The summed E-state index contributed by atoms with van der Waals surface area (Å²) in [7, 11) is 0. The molecule has 0 radical (unpaired) electrons. The zero-order chi connectivity index (χ0) is 15.4. The Balaban J connectivity index is 2.33. The van der Waals surface area contributed by atoms with Crippen molar-refractivity contribution in [3.05, 3.63) is 53.3 Å². The van der Waals surface area contributed by atoms with E-state index in [0.29, 0.717) is 29.2 Å². The lowest BCUT2D eigenvalue weighted by Crippen LogP contribution is -2.22. The molecule has 0 aliphatic rings. The minimum atomic E-state index is -0.372. The number of aryl methyl sites for hydroxylation is 1. The van der Waals surface area contributed by atoms with Gasteiger partial charge in [0.2, 0.25) is 0 Å². The number of halogens is 1. The number of carbonyl (C=O) groups is 1. The highest BCUT2D eigenvalue weighted by atomic mass is 19.1. The van der Waals surface area contributed by atoms with Gasteiger partial charge < -0.3 is 16.4 Å². The van der Waals surface area contributed by atoms with E-state index in [1.54, 1.807) is 30.3 Å². The maximum atomic E-state index is 13.8. The van der Waals surface area contributed by atoms with Gasteiger partial charge in [-0.15, -0.1) is 0 Å². The molecule has 2 rings (SSSR count). The van der Waals surface area contributed by atoms with Crippen LogP contribution in [0.1, 0.15) is 22.8 Å². The molecular weight excluding hydrogens is 269 g/mol. The van der Waals surface area contributed by atoms with E-state index >= 15 is 0 Å². The number of nitrogens with one attached hydrogen (secondary N) is 2. The van der Waals surface area contributed by atoms with E-state index in [0.717, 1.165) is 5.56 Å². The molecule has 4 N–H and O–H groups in total.